The van der Waals surface area contributed by atoms with Crippen molar-refractivity contribution in [3.63, 3.8) is 0 Å². The highest BCUT2D eigenvalue weighted by Gasteiger charge is 2.27. The Labute approximate surface area is 190 Å². The second-order valence-electron chi connectivity index (χ2n) is 7.85. The summed E-state index contributed by atoms with van der Waals surface area (Å²) in [5.74, 6) is 0.916. The van der Waals surface area contributed by atoms with Crippen LogP contribution in [0.5, 0.6) is 11.5 Å². The SMILES string of the molecule is N#CC=CCN1CCc2nc3c(C(N)=O)c(-c4ccc(Oc5ccccc5)cc4)[nH]n3c2C1. The van der Waals surface area contributed by atoms with E-state index in [0.29, 0.717) is 35.7 Å². The van der Waals surface area contributed by atoms with Crippen LogP contribution in [0.25, 0.3) is 16.9 Å². The first-order chi connectivity index (χ1) is 16.1. The number of nitrogens with two attached hydrogens (primary N) is 1. The maximum atomic E-state index is 12.4. The number of ether oxygens (including phenoxy) is 1. The molecule has 1 aliphatic rings. The van der Waals surface area contributed by atoms with Crippen LogP contribution in [0.3, 0.4) is 0 Å². The number of hydrogen-bond acceptors (Lipinski definition) is 5. The third-order valence-corrected chi connectivity index (χ3v) is 5.72. The lowest BCUT2D eigenvalue weighted by Gasteiger charge is -2.24. The zero-order valence-corrected chi connectivity index (χ0v) is 17.9. The molecule has 8 heteroatoms. The van der Waals surface area contributed by atoms with Gasteiger partial charge in [-0.15, -0.1) is 0 Å². The van der Waals surface area contributed by atoms with E-state index in [1.807, 2.05) is 71.3 Å². The van der Waals surface area contributed by atoms with Crippen LogP contribution in [0.4, 0.5) is 0 Å². The molecule has 4 aromatic rings. The van der Waals surface area contributed by atoms with E-state index in [4.69, 9.17) is 20.7 Å². The molecular formula is C25H22N6O2. The molecule has 3 heterocycles. The Kier molecular flexibility index (Phi) is 5.39. The summed E-state index contributed by atoms with van der Waals surface area (Å²) >= 11 is 0. The third kappa shape index (κ3) is 3.97. The number of benzene rings is 2. The summed E-state index contributed by atoms with van der Waals surface area (Å²) < 4.78 is 7.73. The van der Waals surface area contributed by atoms with Gasteiger partial charge >= 0.3 is 0 Å². The van der Waals surface area contributed by atoms with Gasteiger partial charge in [0.25, 0.3) is 5.91 Å². The monoisotopic (exact) mass is 438 g/mol. The number of nitriles is 1. The zero-order valence-electron chi connectivity index (χ0n) is 17.9. The highest BCUT2D eigenvalue weighted by molar-refractivity contribution is 6.04. The van der Waals surface area contributed by atoms with Crippen molar-refractivity contribution in [1.29, 1.82) is 5.26 Å². The van der Waals surface area contributed by atoms with E-state index in [9.17, 15) is 4.79 Å². The number of para-hydroxylation sites is 1. The van der Waals surface area contributed by atoms with Crippen molar-refractivity contribution in [1.82, 2.24) is 19.5 Å². The molecule has 1 amide bonds. The fraction of sp³-hybridized carbons (Fsp3) is 0.160. The number of amides is 1. The number of fused-ring (bicyclic) bond motifs is 3. The van der Waals surface area contributed by atoms with Gasteiger partial charge in [-0.3, -0.25) is 14.8 Å². The van der Waals surface area contributed by atoms with Crippen LogP contribution in [0.15, 0.2) is 66.7 Å². The van der Waals surface area contributed by atoms with Crippen molar-refractivity contribution in [3.05, 3.63) is 83.7 Å². The summed E-state index contributed by atoms with van der Waals surface area (Å²) in [4.78, 5) is 19.4. The molecule has 0 saturated heterocycles. The lowest BCUT2D eigenvalue weighted by molar-refractivity contribution is 0.100. The maximum absolute atomic E-state index is 12.4. The van der Waals surface area contributed by atoms with Crippen molar-refractivity contribution in [2.24, 2.45) is 5.73 Å². The van der Waals surface area contributed by atoms with Crippen LogP contribution in [-0.2, 0) is 13.0 Å². The maximum Gasteiger partial charge on any atom is 0.254 e. The van der Waals surface area contributed by atoms with E-state index in [2.05, 4.69) is 10.00 Å². The molecule has 2 aromatic heterocycles. The molecule has 0 unspecified atom stereocenters. The number of rotatable bonds is 6. The lowest BCUT2D eigenvalue weighted by atomic mass is 10.1. The number of hydrogen-bond donors (Lipinski definition) is 2. The molecule has 3 N–H and O–H groups in total. The van der Waals surface area contributed by atoms with Crippen LogP contribution >= 0.6 is 0 Å². The van der Waals surface area contributed by atoms with Gasteiger partial charge in [0.2, 0.25) is 0 Å². The van der Waals surface area contributed by atoms with Gasteiger partial charge in [0.15, 0.2) is 5.65 Å². The molecule has 0 radical (unpaired) electrons. The summed E-state index contributed by atoms with van der Waals surface area (Å²) in [6.07, 6.45) is 4.10. The van der Waals surface area contributed by atoms with Crippen molar-refractivity contribution < 1.29 is 9.53 Å². The van der Waals surface area contributed by atoms with Gasteiger partial charge in [-0.05, 0) is 36.4 Å². The van der Waals surface area contributed by atoms with Crippen LogP contribution in [0.2, 0.25) is 0 Å². The number of nitrogens with one attached hydrogen (secondary N) is 1. The first-order valence-corrected chi connectivity index (χ1v) is 10.7. The quantitative estimate of drug-likeness (QED) is 0.446. The molecule has 5 rings (SSSR count). The van der Waals surface area contributed by atoms with Gasteiger partial charge in [0, 0.05) is 37.7 Å². The lowest BCUT2D eigenvalue weighted by Crippen LogP contribution is -2.31. The van der Waals surface area contributed by atoms with Crippen molar-refractivity contribution >= 4 is 11.6 Å². The Morgan fingerprint density at radius 3 is 2.67 bits per heavy atom. The number of primary amides is 1. The largest absolute Gasteiger partial charge is 0.457 e. The van der Waals surface area contributed by atoms with E-state index in [0.717, 1.165) is 35.7 Å². The normalized spacial score (nSPS) is 13.8. The fourth-order valence-corrected chi connectivity index (χ4v) is 4.15. The number of aromatic nitrogens is 3. The number of imidazole rings is 1. The van der Waals surface area contributed by atoms with E-state index < -0.39 is 5.91 Å². The highest BCUT2D eigenvalue weighted by Crippen LogP contribution is 2.31. The van der Waals surface area contributed by atoms with Crippen LogP contribution in [-0.4, -0.2) is 38.5 Å². The number of nitrogens with zero attached hydrogens (tertiary/aromatic N) is 4. The highest BCUT2D eigenvalue weighted by atomic mass is 16.5. The van der Waals surface area contributed by atoms with E-state index in [1.54, 1.807) is 0 Å². The van der Waals surface area contributed by atoms with Crippen molar-refractivity contribution in [2.75, 3.05) is 13.1 Å². The average molecular weight is 438 g/mol. The molecule has 2 aromatic carbocycles. The summed E-state index contributed by atoms with van der Waals surface area (Å²) in [7, 11) is 0. The number of carbonyl (C=O) groups is 1. The first-order valence-electron chi connectivity index (χ1n) is 10.7. The third-order valence-electron chi connectivity index (χ3n) is 5.72. The van der Waals surface area contributed by atoms with Gasteiger partial charge < -0.3 is 10.5 Å². The smallest absolute Gasteiger partial charge is 0.254 e. The summed E-state index contributed by atoms with van der Waals surface area (Å²) in [5, 5.41) is 12.1. The average Bonchev–Trinajstić information content (AvgIpc) is 3.36. The Bertz CT molecular complexity index is 1380. The topological polar surface area (TPSA) is 112 Å². The van der Waals surface area contributed by atoms with Crippen LogP contribution in [0, 0.1) is 11.3 Å². The minimum absolute atomic E-state index is 0.372. The van der Waals surface area contributed by atoms with Crippen LogP contribution in [0.1, 0.15) is 21.7 Å². The van der Waals surface area contributed by atoms with Crippen molar-refractivity contribution in [2.45, 2.75) is 13.0 Å². The Balaban J connectivity index is 1.48. The van der Waals surface area contributed by atoms with Crippen LogP contribution < -0.4 is 10.5 Å². The Hall–Kier alpha value is -4.35. The molecular weight excluding hydrogens is 416 g/mol. The predicted octanol–water partition coefficient (Wildman–Crippen LogP) is 3.66. The predicted molar refractivity (Wildman–Crippen MR) is 124 cm³/mol. The molecule has 0 aliphatic carbocycles. The van der Waals surface area contributed by atoms with Gasteiger partial charge in [0.05, 0.1) is 23.2 Å². The van der Waals surface area contributed by atoms with E-state index in [-0.39, 0.29) is 0 Å². The molecule has 8 nitrogen and oxygen atoms in total. The number of allylic oxidation sites excluding steroid dienone is 1. The number of aromatic amines is 1. The molecule has 0 fully saturated rings. The molecule has 0 saturated carbocycles. The second-order valence-corrected chi connectivity index (χ2v) is 7.85. The molecule has 164 valence electrons. The minimum atomic E-state index is -0.531. The summed E-state index contributed by atoms with van der Waals surface area (Å²) in [6.45, 7) is 2.18. The summed E-state index contributed by atoms with van der Waals surface area (Å²) in [6, 6.07) is 19.1. The van der Waals surface area contributed by atoms with Crippen molar-refractivity contribution in [3.8, 4) is 28.8 Å². The zero-order chi connectivity index (χ0) is 22.8. The molecule has 0 spiro atoms. The molecule has 0 atom stereocenters. The number of carbonyl (C=O) groups excluding carboxylic acids is 1. The number of H-pyrrole nitrogens is 1. The van der Waals surface area contributed by atoms with Gasteiger partial charge in [-0.25, -0.2) is 9.50 Å². The molecule has 1 aliphatic heterocycles. The fourth-order valence-electron chi connectivity index (χ4n) is 4.15. The van der Waals surface area contributed by atoms with E-state index >= 15 is 0 Å². The van der Waals surface area contributed by atoms with Gasteiger partial charge in [-0.2, -0.15) is 5.26 Å². The van der Waals surface area contributed by atoms with Gasteiger partial charge in [0.1, 0.15) is 17.1 Å². The Morgan fingerprint density at radius 1 is 1.18 bits per heavy atom. The van der Waals surface area contributed by atoms with E-state index in [1.165, 1.54) is 6.08 Å². The minimum Gasteiger partial charge on any atom is -0.457 e. The second kappa shape index (κ2) is 8.65. The molecule has 0 bridgehead atoms. The summed E-state index contributed by atoms with van der Waals surface area (Å²) in [5.41, 5.74) is 10.1. The van der Waals surface area contributed by atoms with Gasteiger partial charge in [-0.1, -0.05) is 24.3 Å². The standard InChI is InChI=1S/C25H22N6O2/c26-13-4-5-14-30-15-12-20-21(16-30)31-25(28-20)22(24(27)32)23(29-31)17-8-10-19(11-9-17)33-18-6-2-1-3-7-18/h1-11,29H,12,14-16H2,(H2,27,32). The Morgan fingerprint density at radius 2 is 1.94 bits per heavy atom. The first kappa shape index (κ1) is 20.5. The molecule has 33 heavy (non-hydrogen) atoms.